The molecule has 3 heterocycles. The Morgan fingerprint density at radius 3 is 2.51 bits per heavy atom. The molecule has 5 aromatic rings. The average Bonchev–Trinajstić information content (AvgIpc) is 2.96. The molecule has 5 rings (SSSR count). The van der Waals surface area contributed by atoms with Crippen LogP contribution in [0.5, 0.6) is 5.88 Å². The molecule has 0 spiro atoms. The first-order valence-corrected chi connectivity index (χ1v) is 12.8. The largest absolute Gasteiger partial charge is 0.842 e. The first kappa shape index (κ1) is 27.9. The van der Waals surface area contributed by atoms with E-state index in [0.29, 0.717) is 21.9 Å². The molecule has 0 unspecified atom stereocenters. The van der Waals surface area contributed by atoms with Crippen molar-refractivity contribution in [3.8, 4) is 28.1 Å². The average molecular weight is 579 g/mol. The van der Waals surface area contributed by atoms with Gasteiger partial charge in [0.2, 0.25) is 0 Å². The second-order valence-electron chi connectivity index (χ2n) is 9.13. The summed E-state index contributed by atoms with van der Waals surface area (Å²) in [5.41, 5.74) is 3.43. The van der Waals surface area contributed by atoms with E-state index in [4.69, 9.17) is 11.6 Å². The van der Waals surface area contributed by atoms with Gasteiger partial charge >= 0.3 is 11.7 Å². The quantitative estimate of drug-likeness (QED) is 0.0812. The van der Waals surface area contributed by atoms with E-state index in [1.807, 2.05) is 6.07 Å². The first-order valence-electron chi connectivity index (χ1n) is 12.5. The molecule has 208 valence electrons. The summed E-state index contributed by atoms with van der Waals surface area (Å²) in [6.45, 7) is -0.371. The number of alkyl halides is 3. The van der Waals surface area contributed by atoms with Gasteiger partial charge in [0.25, 0.3) is 5.65 Å². The maximum Gasteiger partial charge on any atom is 0.392 e. The number of oxime groups is 1. The van der Waals surface area contributed by atoms with Gasteiger partial charge in [-0.1, -0.05) is 71.4 Å². The summed E-state index contributed by atoms with van der Waals surface area (Å²) < 4.78 is 39.6. The number of pyridine rings is 2. The van der Waals surface area contributed by atoms with Crippen molar-refractivity contribution in [3.05, 3.63) is 118 Å². The summed E-state index contributed by atoms with van der Waals surface area (Å²) in [5.74, 6) is -0.439. The molecule has 0 bridgehead atoms. The standard InChI is InChI=1S/C30H22ClF3N4O3/c31-25-12-9-21(17-35-25)19-38-26-6-1-2-14-37(26)28(39)27(29(38)40)24-5-3-4-23(16-24)22-10-7-20(8-11-22)18-36-41-15-13-30(32,33)34/h1-12,14,16-18H,13,15,19H2/b36-18+. The second kappa shape index (κ2) is 11.8. The van der Waals surface area contributed by atoms with Gasteiger partial charge in [-0.2, -0.15) is 17.6 Å². The van der Waals surface area contributed by atoms with Gasteiger partial charge in [0, 0.05) is 17.8 Å². The van der Waals surface area contributed by atoms with Crippen LogP contribution in [0.4, 0.5) is 13.2 Å². The molecule has 0 saturated heterocycles. The predicted octanol–water partition coefficient (Wildman–Crippen LogP) is 5.39. The number of nitrogens with zero attached hydrogens (tertiary/aromatic N) is 4. The highest BCUT2D eigenvalue weighted by atomic mass is 35.5. The lowest BCUT2D eigenvalue weighted by atomic mass is 9.99. The third kappa shape index (κ3) is 6.55. The number of fused-ring (bicyclic) bond motifs is 1. The minimum absolute atomic E-state index is 0.0252. The molecule has 2 aromatic carbocycles. The van der Waals surface area contributed by atoms with E-state index in [1.165, 1.54) is 15.2 Å². The van der Waals surface area contributed by atoms with Gasteiger partial charge in [0.05, 0.1) is 24.7 Å². The summed E-state index contributed by atoms with van der Waals surface area (Å²) in [6, 6.07) is 22.8. The van der Waals surface area contributed by atoms with Crippen LogP contribution in [-0.4, -0.2) is 28.4 Å². The molecule has 0 aliphatic rings. The summed E-state index contributed by atoms with van der Waals surface area (Å²) in [4.78, 5) is 22.3. The van der Waals surface area contributed by atoms with Crippen molar-refractivity contribution in [2.24, 2.45) is 5.16 Å². The Hall–Kier alpha value is -4.70. The van der Waals surface area contributed by atoms with Crippen molar-refractivity contribution in [3.63, 3.8) is 0 Å². The molecule has 41 heavy (non-hydrogen) atoms. The molecule has 0 aliphatic heterocycles. The summed E-state index contributed by atoms with van der Waals surface area (Å²) in [6.07, 6.45) is -0.850. The lowest BCUT2D eigenvalue weighted by molar-refractivity contribution is -0.708. The van der Waals surface area contributed by atoms with Crippen LogP contribution >= 0.6 is 11.6 Å². The van der Waals surface area contributed by atoms with E-state index in [-0.39, 0.29) is 12.1 Å². The van der Waals surface area contributed by atoms with E-state index in [9.17, 15) is 23.1 Å². The highest BCUT2D eigenvalue weighted by Crippen LogP contribution is 2.28. The fraction of sp³-hybridized carbons (Fsp3) is 0.133. The van der Waals surface area contributed by atoms with Crippen molar-refractivity contribution >= 4 is 23.5 Å². The number of benzene rings is 2. The van der Waals surface area contributed by atoms with Crippen LogP contribution in [0, 0.1) is 0 Å². The molecule has 11 heteroatoms. The van der Waals surface area contributed by atoms with Gasteiger partial charge in [0.15, 0.2) is 0 Å². The van der Waals surface area contributed by atoms with Crippen LogP contribution in [0.1, 0.15) is 17.5 Å². The zero-order chi connectivity index (χ0) is 29.0. The van der Waals surface area contributed by atoms with Crippen LogP contribution in [0.15, 0.2) is 101 Å². The molecule has 0 amide bonds. The van der Waals surface area contributed by atoms with Gasteiger partial charge < -0.3 is 9.94 Å². The fourth-order valence-electron chi connectivity index (χ4n) is 4.29. The lowest BCUT2D eigenvalue weighted by Crippen LogP contribution is -2.44. The second-order valence-corrected chi connectivity index (χ2v) is 9.51. The van der Waals surface area contributed by atoms with Crippen molar-refractivity contribution in [2.75, 3.05) is 6.61 Å². The molecule has 3 aromatic heterocycles. The minimum Gasteiger partial charge on any atom is -0.842 e. The van der Waals surface area contributed by atoms with Gasteiger partial charge in [-0.15, -0.1) is 0 Å². The van der Waals surface area contributed by atoms with E-state index in [0.717, 1.165) is 16.7 Å². The third-order valence-corrected chi connectivity index (χ3v) is 6.51. The summed E-state index contributed by atoms with van der Waals surface area (Å²) in [5, 5.41) is 17.7. The predicted molar refractivity (Wildman–Crippen MR) is 147 cm³/mol. The van der Waals surface area contributed by atoms with Crippen molar-refractivity contribution in [1.29, 1.82) is 0 Å². The highest BCUT2D eigenvalue weighted by Gasteiger charge is 2.26. The van der Waals surface area contributed by atoms with Gasteiger partial charge in [-0.05, 0) is 40.5 Å². The Labute approximate surface area is 237 Å². The highest BCUT2D eigenvalue weighted by molar-refractivity contribution is 6.29. The van der Waals surface area contributed by atoms with Crippen LogP contribution in [-0.2, 0) is 11.4 Å². The molecule has 0 N–H and O–H groups in total. The summed E-state index contributed by atoms with van der Waals surface area (Å²) in [7, 11) is 0. The fourth-order valence-corrected chi connectivity index (χ4v) is 4.40. The van der Waals surface area contributed by atoms with E-state index in [2.05, 4.69) is 15.0 Å². The van der Waals surface area contributed by atoms with Gasteiger partial charge in [-0.3, -0.25) is 0 Å². The van der Waals surface area contributed by atoms with E-state index >= 15 is 0 Å². The molecule has 0 atom stereocenters. The topological polar surface area (TPSA) is 82.9 Å². The molecule has 0 fully saturated rings. The molecule has 0 aliphatic carbocycles. The Kier molecular flexibility index (Phi) is 8.02. The maximum absolute atomic E-state index is 13.8. The van der Waals surface area contributed by atoms with E-state index in [1.54, 1.807) is 85.2 Å². The number of aromatic nitrogens is 3. The SMILES string of the molecule is O=c1c(-c2cccc(-c3ccc(/C=N/OCCC(F)(F)F)cc3)c2)c([O-])[n+](Cc2ccc(Cl)nc2)c2ccccn12. The number of hydrogen-bond acceptors (Lipinski definition) is 5. The zero-order valence-electron chi connectivity index (χ0n) is 21.4. The van der Waals surface area contributed by atoms with Crippen LogP contribution in [0.3, 0.4) is 0 Å². The smallest absolute Gasteiger partial charge is 0.392 e. The minimum atomic E-state index is -4.30. The van der Waals surface area contributed by atoms with Crippen molar-refractivity contribution < 1.29 is 27.7 Å². The Morgan fingerprint density at radius 2 is 1.78 bits per heavy atom. The first-order chi connectivity index (χ1) is 19.7. The zero-order valence-corrected chi connectivity index (χ0v) is 22.1. The number of halogens is 4. The summed E-state index contributed by atoms with van der Waals surface area (Å²) >= 11 is 5.92. The Morgan fingerprint density at radius 1 is 1.00 bits per heavy atom. The Balaban J connectivity index is 1.46. The number of hydrogen-bond donors (Lipinski definition) is 0. The molecule has 7 nitrogen and oxygen atoms in total. The van der Waals surface area contributed by atoms with Crippen molar-refractivity contribution in [1.82, 2.24) is 9.38 Å². The van der Waals surface area contributed by atoms with Gasteiger partial charge in [0.1, 0.15) is 23.9 Å². The number of rotatable bonds is 8. The molecule has 0 radical (unpaired) electrons. The molecule has 0 saturated carbocycles. The van der Waals surface area contributed by atoms with Gasteiger partial charge in [-0.25, -0.2) is 14.3 Å². The third-order valence-electron chi connectivity index (χ3n) is 6.28. The lowest BCUT2D eigenvalue weighted by Gasteiger charge is -2.17. The Bertz CT molecular complexity index is 1770. The van der Waals surface area contributed by atoms with Crippen molar-refractivity contribution in [2.45, 2.75) is 19.1 Å². The monoisotopic (exact) mass is 578 g/mol. The maximum atomic E-state index is 13.8. The van der Waals surface area contributed by atoms with Crippen LogP contribution in [0.25, 0.3) is 27.9 Å². The van der Waals surface area contributed by atoms with Crippen LogP contribution in [0.2, 0.25) is 5.15 Å². The van der Waals surface area contributed by atoms with E-state index < -0.39 is 30.6 Å². The van der Waals surface area contributed by atoms with Crippen LogP contribution < -0.4 is 15.2 Å². The molecular formula is C30H22ClF3N4O3. The molecular weight excluding hydrogens is 557 g/mol. The normalized spacial score (nSPS) is 11.8.